The van der Waals surface area contributed by atoms with Gasteiger partial charge in [0.15, 0.2) is 0 Å². The first-order valence-electron chi connectivity index (χ1n) is 5.61. The molecule has 0 saturated heterocycles. The molecule has 1 heterocycles. The number of carbonyl (C=O) groups is 1. The summed E-state index contributed by atoms with van der Waals surface area (Å²) in [6.45, 7) is 2.89. The molecule has 6 heteroatoms. The highest BCUT2D eigenvalue weighted by atomic mass is 16.2. The van der Waals surface area contributed by atoms with Crippen LogP contribution >= 0.6 is 0 Å². The highest BCUT2D eigenvalue weighted by Gasteiger charge is 2.41. The Hall–Kier alpha value is -1.59. The number of nitrogens with zero attached hydrogens (tertiary/aromatic N) is 2. The first-order chi connectivity index (χ1) is 7.65. The minimum Gasteiger partial charge on any atom is -0.366 e. The van der Waals surface area contributed by atoms with E-state index in [-0.39, 0.29) is 17.7 Å². The number of nitrogens with two attached hydrogens (primary N) is 1. The molecule has 88 valence electrons. The fourth-order valence-corrected chi connectivity index (χ4v) is 1.95. The monoisotopic (exact) mass is 223 g/mol. The predicted octanol–water partition coefficient (Wildman–Crippen LogP) is 0.697. The van der Waals surface area contributed by atoms with Crippen molar-refractivity contribution in [1.82, 2.24) is 20.5 Å². The van der Waals surface area contributed by atoms with Crippen LogP contribution in [0.5, 0.6) is 0 Å². The lowest BCUT2D eigenvalue weighted by Crippen LogP contribution is -2.31. The minimum absolute atomic E-state index is 0.0971. The number of rotatable bonds is 5. The van der Waals surface area contributed by atoms with Crippen LogP contribution in [-0.4, -0.2) is 27.6 Å². The first-order valence-corrected chi connectivity index (χ1v) is 5.61. The van der Waals surface area contributed by atoms with Gasteiger partial charge in [-0.15, -0.1) is 5.10 Å². The van der Waals surface area contributed by atoms with Crippen molar-refractivity contribution in [2.24, 2.45) is 5.41 Å². The van der Waals surface area contributed by atoms with Gasteiger partial charge in [-0.3, -0.25) is 9.89 Å². The van der Waals surface area contributed by atoms with Crippen molar-refractivity contribution in [1.29, 1.82) is 0 Å². The molecular formula is C10H17N5O. The molecule has 6 nitrogen and oxygen atoms in total. The molecule has 1 fully saturated rings. The standard InChI is InChI=1S/C10H17N5O/c1-2-3-10(4-5-10)6-12-8(16)7-13-9(11)15-14-7/h2-6H2,1H3,(H,12,16)(H3,11,13,14,15). The van der Waals surface area contributed by atoms with Gasteiger partial charge in [-0.05, 0) is 24.7 Å². The highest BCUT2D eigenvalue weighted by molar-refractivity contribution is 5.90. The van der Waals surface area contributed by atoms with Gasteiger partial charge in [0.2, 0.25) is 11.8 Å². The van der Waals surface area contributed by atoms with Crippen molar-refractivity contribution in [3.05, 3.63) is 5.82 Å². The topological polar surface area (TPSA) is 96.7 Å². The van der Waals surface area contributed by atoms with Crippen LogP contribution in [0, 0.1) is 5.41 Å². The Morgan fingerprint density at radius 3 is 2.88 bits per heavy atom. The minimum atomic E-state index is -0.230. The van der Waals surface area contributed by atoms with Crippen LogP contribution in [0.4, 0.5) is 5.95 Å². The van der Waals surface area contributed by atoms with Gasteiger partial charge in [0.25, 0.3) is 5.91 Å². The van der Waals surface area contributed by atoms with Crippen molar-refractivity contribution < 1.29 is 4.79 Å². The van der Waals surface area contributed by atoms with Gasteiger partial charge in [0.1, 0.15) is 0 Å². The van der Waals surface area contributed by atoms with E-state index >= 15 is 0 Å². The average Bonchev–Trinajstić information content (AvgIpc) is 2.89. The summed E-state index contributed by atoms with van der Waals surface area (Å²) in [4.78, 5) is 15.4. The first kappa shape index (κ1) is 10.9. The van der Waals surface area contributed by atoms with Gasteiger partial charge >= 0.3 is 0 Å². The molecule has 1 aliphatic rings. The van der Waals surface area contributed by atoms with Crippen molar-refractivity contribution in [3.8, 4) is 0 Å². The second-order valence-corrected chi connectivity index (χ2v) is 4.47. The fraction of sp³-hybridized carbons (Fsp3) is 0.700. The summed E-state index contributed by atoms with van der Waals surface area (Å²) in [6, 6.07) is 0. The normalized spacial score (nSPS) is 17.1. The fourth-order valence-electron chi connectivity index (χ4n) is 1.95. The Kier molecular flexibility index (Phi) is 2.80. The molecule has 0 bridgehead atoms. The Balaban J connectivity index is 1.84. The molecule has 0 atom stereocenters. The number of nitrogen functional groups attached to an aromatic ring is 1. The van der Waals surface area contributed by atoms with Crippen molar-refractivity contribution in [2.45, 2.75) is 32.6 Å². The van der Waals surface area contributed by atoms with Gasteiger partial charge < -0.3 is 11.1 Å². The Morgan fingerprint density at radius 2 is 2.38 bits per heavy atom. The molecule has 1 aliphatic carbocycles. The zero-order valence-electron chi connectivity index (χ0n) is 9.42. The average molecular weight is 223 g/mol. The summed E-state index contributed by atoms with van der Waals surface area (Å²) in [5.41, 5.74) is 5.67. The van der Waals surface area contributed by atoms with E-state index in [1.54, 1.807) is 0 Å². The van der Waals surface area contributed by atoms with Crippen LogP contribution in [0.25, 0.3) is 0 Å². The molecule has 0 aliphatic heterocycles. The lowest BCUT2D eigenvalue weighted by atomic mass is 10.0. The van der Waals surface area contributed by atoms with Gasteiger partial charge in [0, 0.05) is 6.54 Å². The van der Waals surface area contributed by atoms with E-state index in [4.69, 9.17) is 5.73 Å². The number of aromatic nitrogens is 3. The maximum Gasteiger partial charge on any atom is 0.288 e. The van der Waals surface area contributed by atoms with Crippen LogP contribution in [0.3, 0.4) is 0 Å². The number of aromatic amines is 1. The summed E-state index contributed by atoms with van der Waals surface area (Å²) in [5, 5.41) is 8.98. The molecular weight excluding hydrogens is 206 g/mol. The SMILES string of the molecule is CCCC1(CNC(=O)c2nc(N)n[nH]2)CC1. The third-order valence-electron chi connectivity index (χ3n) is 3.08. The summed E-state index contributed by atoms with van der Waals surface area (Å²) in [6.07, 6.45) is 4.75. The number of hydrogen-bond acceptors (Lipinski definition) is 4. The van der Waals surface area contributed by atoms with E-state index in [9.17, 15) is 4.79 Å². The van der Waals surface area contributed by atoms with E-state index < -0.39 is 0 Å². The molecule has 4 N–H and O–H groups in total. The number of anilines is 1. The number of nitrogens with one attached hydrogen (secondary N) is 2. The molecule has 1 saturated carbocycles. The largest absolute Gasteiger partial charge is 0.366 e. The van der Waals surface area contributed by atoms with Gasteiger partial charge in [-0.2, -0.15) is 4.98 Å². The molecule has 0 aromatic carbocycles. The van der Waals surface area contributed by atoms with Crippen molar-refractivity contribution in [3.63, 3.8) is 0 Å². The quantitative estimate of drug-likeness (QED) is 0.684. The van der Waals surface area contributed by atoms with Crippen molar-refractivity contribution >= 4 is 11.9 Å². The number of hydrogen-bond donors (Lipinski definition) is 3. The van der Waals surface area contributed by atoms with Crippen LogP contribution in [0.15, 0.2) is 0 Å². The second-order valence-electron chi connectivity index (χ2n) is 4.47. The van der Waals surface area contributed by atoms with Gasteiger partial charge in [-0.1, -0.05) is 13.3 Å². The number of carbonyl (C=O) groups excluding carboxylic acids is 1. The van der Waals surface area contributed by atoms with Gasteiger partial charge in [0.05, 0.1) is 0 Å². The second kappa shape index (κ2) is 4.11. The number of H-pyrrole nitrogens is 1. The van der Waals surface area contributed by atoms with Crippen LogP contribution in [0.1, 0.15) is 43.2 Å². The van der Waals surface area contributed by atoms with E-state index in [0.717, 1.165) is 13.0 Å². The summed E-state index contributed by atoms with van der Waals surface area (Å²) in [7, 11) is 0. The lowest BCUT2D eigenvalue weighted by molar-refractivity contribution is 0.0934. The summed E-state index contributed by atoms with van der Waals surface area (Å²) >= 11 is 0. The van der Waals surface area contributed by atoms with Gasteiger partial charge in [-0.25, -0.2) is 0 Å². The van der Waals surface area contributed by atoms with Crippen LogP contribution in [-0.2, 0) is 0 Å². The van der Waals surface area contributed by atoms with E-state index in [1.807, 2.05) is 0 Å². The van der Waals surface area contributed by atoms with Crippen LogP contribution < -0.4 is 11.1 Å². The van der Waals surface area contributed by atoms with Crippen molar-refractivity contribution in [2.75, 3.05) is 12.3 Å². The molecule has 0 unspecified atom stereocenters. The maximum absolute atomic E-state index is 11.6. The molecule has 0 radical (unpaired) electrons. The zero-order chi connectivity index (χ0) is 11.6. The lowest BCUT2D eigenvalue weighted by Gasteiger charge is -2.13. The Labute approximate surface area is 94.0 Å². The van der Waals surface area contributed by atoms with E-state index in [2.05, 4.69) is 27.4 Å². The molecule has 0 spiro atoms. The molecule has 1 amide bonds. The molecule has 1 aromatic heterocycles. The smallest absolute Gasteiger partial charge is 0.288 e. The number of amides is 1. The third kappa shape index (κ3) is 2.32. The summed E-state index contributed by atoms with van der Waals surface area (Å²) in [5.74, 6) is 0.0521. The third-order valence-corrected chi connectivity index (χ3v) is 3.08. The van der Waals surface area contributed by atoms with E-state index in [0.29, 0.717) is 5.41 Å². The van der Waals surface area contributed by atoms with E-state index in [1.165, 1.54) is 19.3 Å². The zero-order valence-corrected chi connectivity index (χ0v) is 9.42. The Morgan fingerprint density at radius 1 is 1.62 bits per heavy atom. The maximum atomic E-state index is 11.6. The molecule has 16 heavy (non-hydrogen) atoms. The summed E-state index contributed by atoms with van der Waals surface area (Å²) < 4.78 is 0. The van der Waals surface area contributed by atoms with Crippen LogP contribution in [0.2, 0.25) is 0 Å². The predicted molar refractivity (Wildman–Crippen MR) is 59.7 cm³/mol. The highest BCUT2D eigenvalue weighted by Crippen LogP contribution is 2.48. The Bertz CT molecular complexity index is 382. The molecule has 2 rings (SSSR count). The molecule has 1 aromatic rings.